The average molecular weight is 679 g/mol. The van der Waals surface area contributed by atoms with Gasteiger partial charge in [-0.25, -0.2) is 13.3 Å². The normalized spacial score (nSPS) is 17.0. The van der Waals surface area contributed by atoms with E-state index in [1.165, 1.54) is 17.3 Å². The van der Waals surface area contributed by atoms with Gasteiger partial charge in [0.1, 0.15) is 15.9 Å². The average Bonchev–Trinajstić information content (AvgIpc) is 3.57. The fourth-order valence-corrected chi connectivity index (χ4v) is 7.91. The highest BCUT2D eigenvalue weighted by Gasteiger charge is 2.39. The van der Waals surface area contributed by atoms with Crippen molar-refractivity contribution >= 4 is 61.9 Å². The lowest BCUT2D eigenvalue weighted by atomic mass is 10.0. The second kappa shape index (κ2) is 13.6. The number of carbonyl (C=O) groups excluding carboxylic acids is 3. The molecule has 3 aromatic rings. The van der Waals surface area contributed by atoms with Crippen molar-refractivity contribution < 1.29 is 36.0 Å². The van der Waals surface area contributed by atoms with Crippen molar-refractivity contribution in [3.8, 4) is 0 Å². The lowest BCUT2D eigenvalue weighted by Crippen LogP contribution is -2.48. The molecular formula is C30H33F3N6O5S2. The highest BCUT2D eigenvalue weighted by molar-refractivity contribution is 7.89. The van der Waals surface area contributed by atoms with E-state index in [9.17, 15) is 36.0 Å². The first-order valence-corrected chi connectivity index (χ1v) is 17.0. The van der Waals surface area contributed by atoms with E-state index in [1.807, 2.05) is 0 Å². The molecule has 0 radical (unpaired) electrons. The van der Waals surface area contributed by atoms with Crippen LogP contribution in [0.5, 0.6) is 0 Å². The van der Waals surface area contributed by atoms with Crippen molar-refractivity contribution in [2.24, 2.45) is 0 Å². The summed E-state index contributed by atoms with van der Waals surface area (Å²) in [5.74, 6) is -1.99. The molecule has 1 fully saturated rings. The van der Waals surface area contributed by atoms with Crippen molar-refractivity contribution in [3.05, 3.63) is 53.1 Å². The summed E-state index contributed by atoms with van der Waals surface area (Å²) in [4.78, 5) is 40.6. The fraction of sp³-hybridized carbons (Fsp3) is 0.433. The number of imide groups is 1. The third kappa shape index (κ3) is 6.99. The number of nitrogens with one attached hydrogen (secondary N) is 1. The van der Waals surface area contributed by atoms with E-state index in [0.717, 1.165) is 55.4 Å². The largest absolute Gasteiger partial charge is 0.418 e. The molecule has 2 aromatic carbocycles. The summed E-state index contributed by atoms with van der Waals surface area (Å²) in [6.45, 7) is 5.33. The summed E-state index contributed by atoms with van der Waals surface area (Å²) < 4.78 is 77.3. The fourth-order valence-electron chi connectivity index (χ4n) is 5.73. The quantitative estimate of drug-likeness (QED) is 0.226. The van der Waals surface area contributed by atoms with Gasteiger partial charge in [0, 0.05) is 44.2 Å². The Bertz CT molecular complexity index is 1800. The van der Waals surface area contributed by atoms with Gasteiger partial charge in [-0.05, 0) is 63.1 Å². The van der Waals surface area contributed by atoms with Gasteiger partial charge in [0.2, 0.25) is 15.9 Å². The van der Waals surface area contributed by atoms with Gasteiger partial charge in [-0.1, -0.05) is 18.9 Å². The van der Waals surface area contributed by atoms with Crippen LogP contribution < -0.4 is 10.2 Å². The Morgan fingerprint density at radius 2 is 1.70 bits per heavy atom. The molecule has 1 N–H and O–H groups in total. The summed E-state index contributed by atoms with van der Waals surface area (Å²) in [7, 11) is -3.69. The molecular weight excluding hydrogens is 645 g/mol. The molecule has 46 heavy (non-hydrogen) atoms. The molecule has 0 spiro atoms. The Labute approximate surface area is 268 Å². The topological polar surface area (TPSA) is 133 Å². The van der Waals surface area contributed by atoms with E-state index in [0.29, 0.717) is 56.1 Å². The van der Waals surface area contributed by atoms with Gasteiger partial charge in [0.05, 0.1) is 28.7 Å². The van der Waals surface area contributed by atoms with Gasteiger partial charge in [-0.15, -0.1) is 0 Å². The number of anilines is 2. The van der Waals surface area contributed by atoms with Gasteiger partial charge < -0.3 is 10.2 Å². The van der Waals surface area contributed by atoms with Gasteiger partial charge in [-0.2, -0.15) is 26.2 Å². The summed E-state index contributed by atoms with van der Waals surface area (Å²) >= 11 is 0.982. The van der Waals surface area contributed by atoms with Gasteiger partial charge in [0.15, 0.2) is 0 Å². The van der Waals surface area contributed by atoms with Crippen LogP contribution in [0.4, 0.5) is 24.5 Å². The third-order valence-electron chi connectivity index (χ3n) is 8.16. The maximum atomic E-state index is 13.7. The van der Waals surface area contributed by atoms with Crippen molar-refractivity contribution in [2.75, 3.05) is 42.9 Å². The molecule has 5 rings (SSSR count). The van der Waals surface area contributed by atoms with Crippen LogP contribution in [0.25, 0.3) is 11.0 Å². The van der Waals surface area contributed by atoms with Crippen molar-refractivity contribution in [1.29, 1.82) is 0 Å². The van der Waals surface area contributed by atoms with Gasteiger partial charge in [0.25, 0.3) is 11.8 Å². The number of hydrogen-bond donors (Lipinski definition) is 1. The van der Waals surface area contributed by atoms with Crippen LogP contribution in [0.1, 0.15) is 51.5 Å². The number of rotatable bonds is 11. The lowest BCUT2D eigenvalue weighted by Gasteiger charge is -2.34. The smallest absolute Gasteiger partial charge is 0.326 e. The Kier molecular flexibility index (Phi) is 9.91. The molecule has 2 aliphatic heterocycles. The number of unbranched alkanes of at least 4 members (excludes halogenated alkanes) is 3. The number of fused-ring (bicyclic) bond motifs is 1. The molecule has 246 valence electrons. The molecule has 1 aromatic heterocycles. The number of halogens is 3. The summed E-state index contributed by atoms with van der Waals surface area (Å²) in [6, 6.07) is 7.91. The monoisotopic (exact) mass is 678 g/mol. The summed E-state index contributed by atoms with van der Waals surface area (Å²) in [5, 5.41) is 2.13. The maximum Gasteiger partial charge on any atom is 0.418 e. The Hall–Kier alpha value is -3.73. The van der Waals surface area contributed by atoms with E-state index in [4.69, 9.17) is 0 Å². The molecule has 0 atom stereocenters. The molecule has 3 heterocycles. The molecule has 2 aliphatic rings. The first kappa shape index (κ1) is 33.6. The zero-order valence-corrected chi connectivity index (χ0v) is 26.9. The number of amides is 3. The highest BCUT2D eigenvalue weighted by Crippen LogP contribution is 2.39. The van der Waals surface area contributed by atoms with Crippen molar-refractivity contribution in [2.45, 2.75) is 57.0 Å². The number of carbonyl (C=O) groups is 3. The van der Waals surface area contributed by atoms with Crippen LogP contribution in [0.2, 0.25) is 0 Å². The third-order valence-corrected chi connectivity index (χ3v) is 10.6. The summed E-state index contributed by atoms with van der Waals surface area (Å²) in [6.07, 6.45) is -1.37. The number of nitrogens with zero attached hydrogens (tertiary/aromatic N) is 5. The van der Waals surface area contributed by atoms with Gasteiger partial charge >= 0.3 is 6.18 Å². The SMILES string of the molecule is CC(=O)Nc1ccc(N2C(=O)C(C)=C(CCCCCCN3CCN(S(=O)(=O)c4cccc5nsnc45)CC3)C2=O)cc1C(F)(F)F. The Morgan fingerprint density at radius 1 is 0.978 bits per heavy atom. The predicted octanol–water partition coefficient (Wildman–Crippen LogP) is 4.82. The summed E-state index contributed by atoms with van der Waals surface area (Å²) in [5.41, 5.74) is -0.374. The number of hydrogen-bond acceptors (Lipinski definition) is 9. The van der Waals surface area contributed by atoms with Crippen LogP contribution in [0.3, 0.4) is 0 Å². The zero-order valence-electron chi connectivity index (χ0n) is 25.3. The molecule has 0 bridgehead atoms. The molecule has 0 saturated carbocycles. The number of sulfonamides is 1. The van der Waals surface area contributed by atoms with Crippen molar-refractivity contribution in [3.63, 3.8) is 0 Å². The van der Waals surface area contributed by atoms with Crippen LogP contribution in [-0.2, 0) is 30.6 Å². The van der Waals surface area contributed by atoms with Crippen LogP contribution in [-0.4, -0.2) is 76.8 Å². The second-order valence-electron chi connectivity index (χ2n) is 11.3. The second-order valence-corrected chi connectivity index (χ2v) is 13.7. The van der Waals surface area contributed by atoms with E-state index >= 15 is 0 Å². The van der Waals surface area contributed by atoms with E-state index in [2.05, 4.69) is 19.0 Å². The number of piperazine rings is 1. The van der Waals surface area contributed by atoms with E-state index in [-0.39, 0.29) is 21.7 Å². The number of aromatic nitrogens is 2. The first-order chi connectivity index (χ1) is 21.8. The number of alkyl halides is 3. The Morgan fingerprint density at radius 3 is 2.39 bits per heavy atom. The maximum absolute atomic E-state index is 13.7. The zero-order chi connectivity index (χ0) is 33.2. The number of benzene rings is 2. The molecule has 11 nitrogen and oxygen atoms in total. The molecule has 1 saturated heterocycles. The molecule has 0 unspecified atom stereocenters. The van der Waals surface area contributed by atoms with Crippen molar-refractivity contribution in [1.82, 2.24) is 18.0 Å². The first-order valence-electron chi connectivity index (χ1n) is 14.8. The minimum atomic E-state index is -4.81. The van der Waals surface area contributed by atoms with E-state index < -0.39 is 45.2 Å². The van der Waals surface area contributed by atoms with Crippen LogP contribution in [0.15, 0.2) is 52.4 Å². The standard InChI is InChI=1S/C30H33F3N6O5S2/c1-19-22(29(42)39(28(19)41)21-11-12-24(34-20(2)40)23(18-21)30(31,32)33)8-5-3-4-6-13-37-14-16-38(17-15-37)46(43,44)26-10-7-9-25-27(26)36-45-35-25/h7,9-12,18H,3-6,8,13-17H2,1-2H3,(H,34,40). The minimum Gasteiger partial charge on any atom is -0.326 e. The van der Waals surface area contributed by atoms with Gasteiger partial charge in [-0.3, -0.25) is 14.4 Å². The molecule has 16 heteroatoms. The molecule has 3 amide bonds. The van der Waals surface area contributed by atoms with E-state index in [1.54, 1.807) is 18.2 Å². The lowest BCUT2D eigenvalue weighted by molar-refractivity contribution is -0.137. The minimum absolute atomic E-state index is 0.175. The Balaban J connectivity index is 1.08. The molecule has 0 aliphatic carbocycles. The highest BCUT2D eigenvalue weighted by atomic mass is 32.2. The van der Waals surface area contributed by atoms with Crippen LogP contribution in [0, 0.1) is 0 Å². The van der Waals surface area contributed by atoms with Crippen LogP contribution >= 0.6 is 11.7 Å². The predicted molar refractivity (Wildman–Crippen MR) is 167 cm³/mol.